The number of anilines is 1. The van der Waals surface area contributed by atoms with Crippen LogP contribution in [0.1, 0.15) is 16.2 Å². The second-order valence-electron chi connectivity index (χ2n) is 5.42. The first-order chi connectivity index (χ1) is 11.1. The largest absolute Gasteiger partial charge is 0.312 e. The highest BCUT2D eigenvalue weighted by molar-refractivity contribution is 7.13. The van der Waals surface area contributed by atoms with Gasteiger partial charge in [-0.1, -0.05) is 18.2 Å². The minimum atomic E-state index is -0.370. The average molecular weight is 327 g/mol. The Morgan fingerprint density at radius 3 is 2.78 bits per heavy atom. The highest BCUT2D eigenvalue weighted by atomic mass is 32.1. The number of carbonyl (C=O) groups is 2. The van der Waals surface area contributed by atoms with Crippen LogP contribution in [-0.4, -0.2) is 24.6 Å². The van der Waals surface area contributed by atoms with Crippen molar-refractivity contribution < 1.29 is 9.59 Å². The number of hydrazone groups is 1. The van der Waals surface area contributed by atoms with Crippen LogP contribution in [-0.2, 0) is 9.59 Å². The van der Waals surface area contributed by atoms with E-state index in [-0.39, 0.29) is 24.2 Å². The van der Waals surface area contributed by atoms with Crippen LogP contribution in [0.15, 0.2) is 47.6 Å². The normalized spacial score (nSPS) is 17.9. The molecule has 1 saturated heterocycles. The zero-order chi connectivity index (χ0) is 16.2. The average Bonchev–Trinajstić information content (AvgIpc) is 3.14. The van der Waals surface area contributed by atoms with Crippen molar-refractivity contribution in [1.29, 1.82) is 0 Å². The maximum Gasteiger partial charge on any atom is 0.245 e. The van der Waals surface area contributed by atoms with Crippen LogP contribution in [0.25, 0.3) is 0 Å². The summed E-state index contributed by atoms with van der Waals surface area (Å²) in [5.74, 6) is -0.625. The third-order valence-corrected chi connectivity index (χ3v) is 4.63. The molecule has 2 heterocycles. The number of benzene rings is 1. The molecule has 1 aromatic carbocycles. The second kappa shape index (κ2) is 6.75. The maximum absolute atomic E-state index is 12.2. The molecule has 3 rings (SSSR count). The lowest BCUT2D eigenvalue weighted by Crippen LogP contribution is -2.30. The smallest absolute Gasteiger partial charge is 0.245 e. The molecular formula is C17H17N3O2S. The fraction of sp³-hybridized carbons (Fsp3) is 0.235. The summed E-state index contributed by atoms with van der Waals surface area (Å²) >= 11 is 1.61. The number of carbonyl (C=O) groups excluding carboxylic acids is 2. The zero-order valence-electron chi connectivity index (χ0n) is 12.7. The van der Waals surface area contributed by atoms with Crippen molar-refractivity contribution in [3.8, 4) is 0 Å². The molecule has 0 saturated carbocycles. The van der Waals surface area contributed by atoms with Gasteiger partial charge in [-0.3, -0.25) is 9.59 Å². The van der Waals surface area contributed by atoms with Gasteiger partial charge in [0.2, 0.25) is 11.8 Å². The summed E-state index contributed by atoms with van der Waals surface area (Å²) in [7, 11) is 0. The van der Waals surface area contributed by atoms with E-state index >= 15 is 0 Å². The summed E-state index contributed by atoms with van der Waals surface area (Å²) in [6.45, 7) is 2.41. The Morgan fingerprint density at radius 1 is 1.30 bits per heavy atom. The molecule has 0 radical (unpaired) electrons. The number of hydrogen-bond donors (Lipinski definition) is 1. The summed E-state index contributed by atoms with van der Waals surface area (Å²) < 4.78 is 0. The van der Waals surface area contributed by atoms with Gasteiger partial charge in [-0.05, 0) is 31.2 Å². The Kier molecular flexibility index (Phi) is 4.52. The number of thiophene rings is 1. The predicted octanol–water partition coefficient (Wildman–Crippen LogP) is 2.56. The predicted molar refractivity (Wildman–Crippen MR) is 91.7 cm³/mol. The number of rotatable bonds is 4. The van der Waals surface area contributed by atoms with Gasteiger partial charge in [-0.25, -0.2) is 5.43 Å². The summed E-state index contributed by atoms with van der Waals surface area (Å²) in [6.07, 6.45) is 1.84. The van der Waals surface area contributed by atoms with Gasteiger partial charge in [0.25, 0.3) is 0 Å². The molecule has 6 heteroatoms. The highest BCUT2D eigenvalue weighted by Gasteiger charge is 2.34. The van der Waals surface area contributed by atoms with Crippen molar-refractivity contribution in [3.05, 3.63) is 52.2 Å². The van der Waals surface area contributed by atoms with Crippen LogP contribution >= 0.6 is 11.3 Å². The van der Waals surface area contributed by atoms with Gasteiger partial charge < -0.3 is 4.90 Å². The Morgan fingerprint density at radius 2 is 2.09 bits per heavy atom. The van der Waals surface area contributed by atoms with Crippen LogP contribution < -0.4 is 10.3 Å². The minimum Gasteiger partial charge on any atom is -0.312 e. The molecule has 0 aliphatic carbocycles. The fourth-order valence-electron chi connectivity index (χ4n) is 2.51. The molecule has 23 heavy (non-hydrogen) atoms. The molecule has 0 bridgehead atoms. The van der Waals surface area contributed by atoms with Crippen LogP contribution in [0.2, 0.25) is 0 Å². The summed E-state index contributed by atoms with van der Waals surface area (Å²) in [6, 6.07) is 13.3. The van der Waals surface area contributed by atoms with Gasteiger partial charge in [0.05, 0.1) is 12.1 Å². The third kappa shape index (κ3) is 3.65. The van der Waals surface area contributed by atoms with E-state index in [1.165, 1.54) is 4.88 Å². The van der Waals surface area contributed by atoms with E-state index in [1.807, 2.05) is 49.4 Å². The molecule has 1 atom stereocenters. The molecule has 1 aliphatic heterocycles. The first-order valence-electron chi connectivity index (χ1n) is 7.38. The summed E-state index contributed by atoms with van der Waals surface area (Å²) in [5.41, 5.74) is 3.36. The molecular weight excluding hydrogens is 310 g/mol. The van der Waals surface area contributed by atoms with E-state index in [0.29, 0.717) is 6.54 Å². The number of nitrogens with zero attached hydrogens (tertiary/aromatic N) is 2. The van der Waals surface area contributed by atoms with Gasteiger partial charge in [-0.2, -0.15) is 5.10 Å². The van der Waals surface area contributed by atoms with Crippen LogP contribution in [0, 0.1) is 12.8 Å². The zero-order valence-corrected chi connectivity index (χ0v) is 13.5. The topological polar surface area (TPSA) is 61.8 Å². The van der Waals surface area contributed by atoms with Gasteiger partial charge in [-0.15, -0.1) is 11.3 Å². The quantitative estimate of drug-likeness (QED) is 0.693. The van der Waals surface area contributed by atoms with E-state index in [1.54, 1.807) is 22.5 Å². The van der Waals surface area contributed by atoms with Crippen molar-refractivity contribution in [2.75, 3.05) is 11.4 Å². The van der Waals surface area contributed by atoms with Crippen molar-refractivity contribution in [3.63, 3.8) is 0 Å². The third-order valence-electron chi connectivity index (χ3n) is 3.69. The molecule has 2 amide bonds. The highest BCUT2D eigenvalue weighted by Crippen LogP contribution is 2.24. The summed E-state index contributed by atoms with van der Waals surface area (Å²) in [5, 5.41) is 3.98. The Hall–Kier alpha value is -2.47. The second-order valence-corrected chi connectivity index (χ2v) is 6.74. The SMILES string of the molecule is Cc1ccc(/C=N\NC(=O)[C@@H]2CC(=O)N(c3ccccc3)C2)s1. The first-order valence-corrected chi connectivity index (χ1v) is 8.20. The van der Waals surface area contributed by atoms with E-state index in [0.717, 1.165) is 10.6 Å². The monoisotopic (exact) mass is 327 g/mol. The van der Waals surface area contributed by atoms with E-state index in [2.05, 4.69) is 10.5 Å². The molecule has 118 valence electrons. The lowest BCUT2D eigenvalue weighted by Gasteiger charge is -2.16. The Bertz CT molecular complexity index is 739. The van der Waals surface area contributed by atoms with Crippen LogP contribution in [0.5, 0.6) is 0 Å². The van der Waals surface area contributed by atoms with Gasteiger partial charge in [0.15, 0.2) is 0 Å². The Balaban J connectivity index is 1.58. The van der Waals surface area contributed by atoms with Gasteiger partial charge >= 0.3 is 0 Å². The number of aryl methyl sites for hydroxylation is 1. The molecule has 0 spiro atoms. The molecule has 1 fully saturated rings. The molecule has 1 aromatic heterocycles. The lowest BCUT2D eigenvalue weighted by molar-refractivity contribution is -0.126. The van der Waals surface area contributed by atoms with Crippen molar-refractivity contribution in [1.82, 2.24) is 5.43 Å². The number of amides is 2. The van der Waals surface area contributed by atoms with E-state index < -0.39 is 0 Å². The molecule has 0 unspecified atom stereocenters. The van der Waals surface area contributed by atoms with E-state index in [9.17, 15) is 9.59 Å². The minimum absolute atomic E-state index is 0.0331. The molecule has 1 N–H and O–H groups in total. The number of hydrogen-bond acceptors (Lipinski definition) is 4. The van der Waals surface area contributed by atoms with Crippen molar-refractivity contribution in [2.45, 2.75) is 13.3 Å². The number of para-hydroxylation sites is 1. The first kappa shape index (κ1) is 15.4. The van der Waals surface area contributed by atoms with Crippen LogP contribution in [0.3, 0.4) is 0 Å². The molecule has 2 aromatic rings. The van der Waals surface area contributed by atoms with Gasteiger partial charge in [0, 0.05) is 28.4 Å². The van der Waals surface area contributed by atoms with Crippen LogP contribution in [0.4, 0.5) is 5.69 Å². The van der Waals surface area contributed by atoms with Gasteiger partial charge in [0.1, 0.15) is 0 Å². The molecule has 5 nitrogen and oxygen atoms in total. The van der Waals surface area contributed by atoms with Crippen molar-refractivity contribution in [2.24, 2.45) is 11.0 Å². The summed E-state index contributed by atoms with van der Waals surface area (Å²) in [4.78, 5) is 28.1. The van der Waals surface area contributed by atoms with Crippen molar-refractivity contribution >= 4 is 35.1 Å². The fourth-order valence-corrected chi connectivity index (χ4v) is 3.26. The molecule has 1 aliphatic rings. The standard InChI is InChI=1S/C17H17N3O2S/c1-12-7-8-15(23-12)10-18-19-17(22)13-9-16(21)20(11-13)14-5-3-2-4-6-14/h2-8,10,13H,9,11H2,1H3,(H,19,22)/b18-10-/t13-/m1/s1. The van der Waals surface area contributed by atoms with E-state index in [4.69, 9.17) is 0 Å². The number of nitrogens with one attached hydrogen (secondary N) is 1. The lowest BCUT2D eigenvalue weighted by atomic mass is 10.1. The Labute approximate surface area is 138 Å². The maximum atomic E-state index is 12.2.